The van der Waals surface area contributed by atoms with Gasteiger partial charge in [0.05, 0.1) is 0 Å². The van der Waals surface area contributed by atoms with E-state index in [0.717, 1.165) is 35.6 Å². The molecule has 2 rings (SSSR count). The molecule has 20 heavy (non-hydrogen) atoms. The molecule has 0 fully saturated rings. The van der Waals surface area contributed by atoms with Crippen molar-refractivity contribution in [3.05, 3.63) is 17.8 Å². The Balaban J connectivity index is 1.88. The molecule has 0 unspecified atom stereocenters. The van der Waals surface area contributed by atoms with Gasteiger partial charge in [0, 0.05) is 12.7 Å². The minimum atomic E-state index is 0.584. The molecular formula is C16H26N4. The Hall–Kier alpha value is -1.58. The maximum Gasteiger partial charge on any atom is 0.202 e. The van der Waals surface area contributed by atoms with E-state index in [-0.39, 0.29) is 0 Å². The first-order valence-corrected chi connectivity index (χ1v) is 7.66. The second kappa shape index (κ2) is 6.73. The number of rotatable bonds is 7. The van der Waals surface area contributed by atoms with Crippen LogP contribution in [-0.2, 0) is 6.54 Å². The monoisotopic (exact) mass is 274 g/mol. The molecule has 0 aliphatic carbocycles. The fourth-order valence-electron chi connectivity index (χ4n) is 2.53. The zero-order valence-corrected chi connectivity index (χ0v) is 12.9. The molecule has 2 N–H and O–H groups in total. The highest BCUT2D eigenvalue weighted by molar-refractivity contribution is 5.74. The van der Waals surface area contributed by atoms with E-state index in [2.05, 4.69) is 23.8 Å². The highest BCUT2D eigenvalue weighted by Crippen LogP contribution is 2.18. The standard InChI is InChI=1S/C16H26N4/c1-12(2)8-6-4-5-7-9-20-15-14(19-16(20)17)10-13(3)11-18-15/h10-12H,4-9H2,1-3H3,(H2,17,19). The van der Waals surface area contributed by atoms with Crippen molar-refractivity contribution >= 4 is 17.1 Å². The highest BCUT2D eigenvalue weighted by Gasteiger charge is 2.08. The topological polar surface area (TPSA) is 56.7 Å². The van der Waals surface area contributed by atoms with Crippen LogP contribution in [0.25, 0.3) is 11.2 Å². The van der Waals surface area contributed by atoms with Crippen LogP contribution >= 0.6 is 0 Å². The molecule has 2 aromatic heterocycles. The van der Waals surface area contributed by atoms with Crippen molar-refractivity contribution in [1.29, 1.82) is 0 Å². The molecule has 2 aromatic rings. The minimum Gasteiger partial charge on any atom is -0.369 e. The van der Waals surface area contributed by atoms with E-state index in [1.54, 1.807) is 0 Å². The Morgan fingerprint density at radius 2 is 1.95 bits per heavy atom. The number of aryl methyl sites for hydroxylation is 2. The molecule has 0 bridgehead atoms. The van der Waals surface area contributed by atoms with Crippen LogP contribution in [-0.4, -0.2) is 14.5 Å². The Labute approximate surface area is 121 Å². The summed E-state index contributed by atoms with van der Waals surface area (Å²) in [6.45, 7) is 7.51. The number of nitrogen functional groups attached to an aromatic ring is 1. The van der Waals surface area contributed by atoms with Gasteiger partial charge in [0.15, 0.2) is 5.65 Å². The van der Waals surface area contributed by atoms with Gasteiger partial charge < -0.3 is 5.73 Å². The number of aromatic nitrogens is 3. The Morgan fingerprint density at radius 1 is 1.20 bits per heavy atom. The number of unbranched alkanes of at least 4 members (excludes halogenated alkanes) is 3. The summed E-state index contributed by atoms with van der Waals surface area (Å²) >= 11 is 0. The largest absolute Gasteiger partial charge is 0.369 e. The maximum atomic E-state index is 6.00. The quantitative estimate of drug-likeness (QED) is 0.778. The molecular weight excluding hydrogens is 248 g/mol. The van der Waals surface area contributed by atoms with Crippen molar-refractivity contribution < 1.29 is 0 Å². The Bertz CT molecular complexity index is 557. The van der Waals surface area contributed by atoms with Crippen LogP contribution < -0.4 is 5.73 Å². The fraction of sp³-hybridized carbons (Fsp3) is 0.625. The van der Waals surface area contributed by atoms with Gasteiger partial charge in [0.2, 0.25) is 5.95 Å². The van der Waals surface area contributed by atoms with E-state index in [1.165, 1.54) is 25.7 Å². The van der Waals surface area contributed by atoms with E-state index >= 15 is 0 Å². The van der Waals surface area contributed by atoms with E-state index in [1.807, 2.05) is 23.8 Å². The molecule has 0 atom stereocenters. The lowest BCUT2D eigenvalue weighted by Gasteiger charge is -2.07. The summed E-state index contributed by atoms with van der Waals surface area (Å²) in [5.41, 5.74) is 8.93. The van der Waals surface area contributed by atoms with Gasteiger partial charge in [0.25, 0.3) is 0 Å². The molecule has 0 aliphatic rings. The summed E-state index contributed by atoms with van der Waals surface area (Å²) < 4.78 is 2.04. The number of anilines is 1. The van der Waals surface area contributed by atoms with Gasteiger partial charge in [-0.25, -0.2) is 9.97 Å². The lowest BCUT2D eigenvalue weighted by molar-refractivity contribution is 0.508. The number of imidazole rings is 1. The summed E-state index contributed by atoms with van der Waals surface area (Å²) in [5.74, 6) is 1.40. The summed E-state index contributed by atoms with van der Waals surface area (Å²) in [4.78, 5) is 8.85. The highest BCUT2D eigenvalue weighted by atomic mass is 15.2. The van der Waals surface area contributed by atoms with Gasteiger partial charge >= 0.3 is 0 Å². The number of nitrogens with zero attached hydrogens (tertiary/aromatic N) is 3. The fourth-order valence-corrected chi connectivity index (χ4v) is 2.53. The maximum absolute atomic E-state index is 6.00. The smallest absolute Gasteiger partial charge is 0.202 e. The molecule has 0 aromatic carbocycles. The van der Waals surface area contributed by atoms with Crippen molar-refractivity contribution in [2.24, 2.45) is 5.92 Å². The predicted octanol–water partition coefficient (Wildman–Crippen LogP) is 3.93. The van der Waals surface area contributed by atoms with Crippen molar-refractivity contribution in [3.63, 3.8) is 0 Å². The first-order valence-electron chi connectivity index (χ1n) is 7.66. The van der Waals surface area contributed by atoms with E-state index < -0.39 is 0 Å². The van der Waals surface area contributed by atoms with E-state index in [4.69, 9.17) is 5.73 Å². The number of nitrogens with two attached hydrogens (primary N) is 1. The first kappa shape index (κ1) is 14.8. The molecule has 4 nitrogen and oxygen atoms in total. The third-order valence-electron chi connectivity index (χ3n) is 3.66. The molecule has 0 saturated carbocycles. The third-order valence-corrected chi connectivity index (χ3v) is 3.66. The first-order chi connectivity index (χ1) is 9.58. The molecule has 0 radical (unpaired) electrons. The third kappa shape index (κ3) is 3.71. The van der Waals surface area contributed by atoms with Crippen LogP contribution in [0.5, 0.6) is 0 Å². The Morgan fingerprint density at radius 3 is 2.70 bits per heavy atom. The number of hydrogen-bond acceptors (Lipinski definition) is 3. The Kier molecular flexibility index (Phi) is 4.99. The van der Waals surface area contributed by atoms with Crippen LogP contribution in [0.4, 0.5) is 5.95 Å². The average molecular weight is 274 g/mol. The molecule has 2 heterocycles. The van der Waals surface area contributed by atoms with Crippen LogP contribution in [0, 0.1) is 12.8 Å². The molecule has 0 amide bonds. The lowest BCUT2D eigenvalue weighted by atomic mass is 10.0. The zero-order chi connectivity index (χ0) is 14.5. The van der Waals surface area contributed by atoms with Crippen molar-refractivity contribution in [2.75, 3.05) is 5.73 Å². The van der Waals surface area contributed by atoms with Crippen LogP contribution in [0.1, 0.15) is 51.5 Å². The van der Waals surface area contributed by atoms with Gasteiger partial charge in [-0.1, -0.05) is 39.5 Å². The van der Waals surface area contributed by atoms with Crippen LogP contribution in [0.3, 0.4) is 0 Å². The summed E-state index contributed by atoms with van der Waals surface area (Å²) in [6.07, 6.45) is 8.23. The average Bonchev–Trinajstić information content (AvgIpc) is 2.68. The normalized spacial score (nSPS) is 11.6. The minimum absolute atomic E-state index is 0.584. The molecule has 0 spiro atoms. The second-order valence-electron chi connectivity index (χ2n) is 6.07. The SMILES string of the molecule is Cc1cnc2c(c1)nc(N)n2CCCCCCC(C)C. The van der Waals surface area contributed by atoms with E-state index in [9.17, 15) is 0 Å². The van der Waals surface area contributed by atoms with Crippen molar-refractivity contribution in [3.8, 4) is 0 Å². The van der Waals surface area contributed by atoms with Gasteiger partial charge in [-0.05, 0) is 30.9 Å². The lowest BCUT2D eigenvalue weighted by Crippen LogP contribution is -2.04. The predicted molar refractivity (Wildman–Crippen MR) is 84.6 cm³/mol. The molecule has 4 heteroatoms. The summed E-state index contributed by atoms with van der Waals surface area (Å²) in [6, 6.07) is 2.04. The molecule has 110 valence electrons. The summed E-state index contributed by atoms with van der Waals surface area (Å²) in [5, 5.41) is 0. The van der Waals surface area contributed by atoms with Gasteiger partial charge in [-0.3, -0.25) is 4.57 Å². The van der Waals surface area contributed by atoms with Gasteiger partial charge in [0.1, 0.15) is 5.52 Å². The number of pyridine rings is 1. The van der Waals surface area contributed by atoms with Gasteiger partial charge in [-0.15, -0.1) is 0 Å². The van der Waals surface area contributed by atoms with Gasteiger partial charge in [-0.2, -0.15) is 0 Å². The zero-order valence-electron chi connectivity index (χ0n) is 12.9. The molecule has 0 saturated heterocycles. The van der Waals surface area contributed by atoms with Crippen LogP contribution in [0.2, 0.25) is 0 Å². The summed E-state index contributed by atoms with van der Waals surface area (Å²) in [7, 11) is 0. The van der Waals surface area contributed by atoms with Crippen LogP contribution in [0.15, 0.2) is 12.3 Å². The van der Waals surface area contributed by atoms with Crippen molar-refractivity contribution in [2.45, 2.75) is 59.4 Å². The number of fused-ring (bicyclic) bond motifs is 1. The van der Waals surface area contributed by atoms with E-state index in [0.29, 0.717) is 5.95 Å². The van der Waals surface area contributed by atoms with Crippen molar-refractivity contribution in [1.82, 2.24) is 14.5 Å². The second-order valence-corrected chi connectivity index (χ2v) is 6.07. The number of hydrogen-bond donors (Lipinski definition) is 1. The molecule has 0 aliphatic heterocycles.